The summed E-state index contributed by atoms with van der Waals surface area (Å²) in [6.07, 6.45) is 0. The Labute approximate surface area is 277 Å². The molecule has 4 nitrogen and oxygen atoms in total. The largest absolute Gasteiger partial charge is 0.309 e. The van der Waals surface area contributed by atoms with Gasteiger partial charge < -0.3 is 9.13 Å². The lowest BCUT2D eigenvalue weighted by Gasteiger charge is -2.17. The van der Waals surface area contributed by atoms with Gasteiger partial charge in [-0.3, -0.25) is 0 Å². The standard InChI is InChI=1S/C44H26N4/c45-27-31-24-23-30(29-11-9-13-33(25-29)47-40-19-5-1-14-34(40)35-15-2-6-20-41(35)47)26-39(31)38-18-10-12-32(28-46)44(38)48-42-21-7-3-16-36(42)37-17-4-8-22-43(37)48/h1-26H. The summed E-state index contributed by atoms with van der Waals surface area (Å²) in [6.45, 7) is 0. The number of benzene rings is 7. The van der Waals surface area contributed by atoms with E-state index in [0.717, 1.165) is 66.5 Å². The van der Waals surface area contributed by atoms with Crippen LogP contribution >= 0.6 is 0 Å². The van der Waals surface area contributed by atoms with E-state index in [1.165, 1.54) is 10.8 Å². The van der Waals surface area contributed by atoms with Crippen molar-refractivity contribution in [3.8, 4) is 45.8 Å². The first kappa shape index (κ1) is 27.4. The fourth-order valence-corrected chi connectivity index (χ4v) is 7.32. The van der Waals surface area contributed by atoms with Gasteiger partial charge in [-0.2, -0.15) is 10.5 Å². The zero-order valence-corrected chi connectivity index (χ0v) is 25.8. The Kier molecular flexibility index (Phi) is 6.22. The second-order valence-electron chi connectivity index (χ2n) is 12.0. The average molecular weight is 611 g/mol. The SMILES string of the molecule is N#Cc1ccc(-c2cccc(-n3c4ccccc4c4ccccc43)c2)cc1-c1cccc(C#N)c1-n1c2ccccc2c2ccccc21. The molecule has 0 radical (unpaired) electrons. The van der Waals surface area contributed by atoms with E-state index in [0.29, 0.717) is 11.1 Å². The molecule has 0 spiro atoms. The number of fused-ring (bicyclic) bond motifs is 6. The van der Waals surface area contributed by atoms with E-state index in [1.807, 2.05) is 54.6 Å². The minimum Gasteiger partial charge on any atom is -0.309 e. The van der Waals surface area contributed by atoms with Crippen molar-refractivity contribution in [3.05, 3.63) is 169 Å². The van der Waals surface area contributed by atoms with Crippen molar-refractivity contribution < 1.29 is 0 Å². The quantitative estimate of drug-likeness (QED) is 0.199. The van der Waals surface area contributed by atoms with Crippen molar-refractivity contribution in [2.45, 2.75) is 0 Å². The first-order valence-corrected chi connectivity index (χ1v) is 15.9. The van der Waals surface area contributed by atoms with Gasteiger partial charge in [0.2, 0.25) is 0 Å². The Morgan fingerprint density at radius 3 is 1.44 bits per heavy atom. The van der Waals surface area contributed by atoms with Crippen LogP contribution in [0.1, 0.15) is 11.1 Å². The highest BCUT2D eigenvalue weighted by Crippen LogP contribution is 2.40. The minimum atomic E-state index is 0.543. The number of para-hydroxylation sites is 5. The molecule has 0 unspecified atom stereocenters. The highest BCUT2D eigenvalue weighted by Gasteiger charge is 2.21. The van der Waals surface area contributed by atoms with Gasteiger partial charge in [0.05, 0.1) is 45.0 Å². The molecule has 0 N–H and O–H groups in total. The van der Waals surface area contributed by atoms with Crippen molar-refractivity contribution in [1.82, 2.24) is 9.13 Å². The minimum absolute atomic E-state index is 0.543. The third-order valence-electron chi connectivity index (χ3n) is 9.41. The third kappa shape index (κ3) is 4.07. The average Bonchev–Trinajstić information content (AvgIpc) is 3.67. The maximum atomic E-state index is 10.4. The Bertz CT molecular complexity index is 2710. The number of hydrogen-bond acceptors (Lipinski definition) is 2. The van der Waals surface area contributed by atoms with E-state index in [1.54, 1.807) is 0 Å². The molecule has 0 saturated carbocycles. The van der Waals surface area contributed by atoms with Crippen LogP contribution in [0.2, 0.25) is 0 Å². The Balaban J connectivity index is 1.27. The van der Waals surface area contributed by atoms with Crippen LogP contribution in [-0.4, -0.2) is 9.13 Å². The van der Waals surface area contributed by atoms with Crippen LogP contribution in [0.3, 0.4) is 0 Å². The third-order valence-corrected chi connectivity index (χ3v) is 9.41. The van der Waals surface area contributed by atoms with Crippen molar-refractivity contribution in [2.24, 2.45) is 0 Å². The number of rotatable bonds is 4. The predicted molar refractivity (Wildman–Crippen MR) is 195 cm³/mol. The first-order valence-electron chi connectivity index (χ1n) is 15.9. The van der Waals surface area contributed by atoms with Crippen LogP contribution in [0.5, 0.6) is 0 Å². The molecular formula is C44H26N4. The molecule has 0 bridgehead atoms. The molecular weight excluding hydrogens is 585 g/mol. The number of hydrogen-bond donors (Lipinski definition) is 0. The normalized spacial score (nSPS) is 11.3. The monoisotopic (exact) mass is 610 g/mol. The molecule has 0 fully saturated rings. The molecule has 9 rings (SSSR count). The van der Waals surface area contributed by atoms with Crippen LogP contribution in [0.15, 0.2) is 158 Å². The van der Waals surface area contributed by atoms with Gasteiger partial charge in [-0.05, 0) is 65.7 Å². The number of aromatic nitrogens is 2. The van der Waals surface area contributed by atoms with E-state index < -0.39 is 0 Å². The molecule has 0 aliphatic rings. The van der Waals surface area contributed by atoms with Crippen LogP contribution in [0.25, 0.3) is 77.2 Å². The lowest BCUT2D eigenvalue weighted by atomic mass is 9.92. The van der Waals surface area contributed by atoms with Crippen LogP contribution in [-0.2, 0) is 0 Å². The first-order chi connectivity index (χ1) is 23.7. The summed E-state index contributed by atoms with van der Waals surface area (Å²) < 4.78 is 4.49. The van der Waals surface area contributed by atoms with Gasteiger partial charge in [-0.1, -0.05) is 103 Å². The fraction of sp³-hybridized carbons (Fsp3) is 0. The Morgan fingerprint density at radius 1 is 0.375 bits per heavy atom. The Hall–Kier alpha value is -6.88. The van der Waals surface area contributed by atoms with Gasteiger partial charge in [0.15, 0.2) is 0 Å². The highest BCUT2D eigenvalue weighted by molar-refractivity contribution is 6.11. The van der Waals surface area contributed by atoms with E-state index in [9.17, 15) is 10.5 Å². The zero-order valence-electron chi connectivity index (χ0n) is 25.8. The van der Waals surface area contributed by atoms with E-state index in [4.69, 9.17) is 0 Å². The van der Waals surface area contributed by atoms with Crippen LogP contribution in [0, 0.1) is 22.7 Å². The van der Waals surface area contributed by atoms with Crippen LogP contribution in [0.4, 0.5) is 0 Å². The van der Waals surface area contributed by atoms with Gasteiger partial charge in [0.1, 0.15) is 6.07 Å². The van der Waals surface area contributed by atoms with Gasteiger partial charge in [-0.15, -0.1) is 0 Å². The second kappa shape index (κ2) is 10.9. The van der Waals surface area contributed by atoms with Gasteiger partial charge >= 0.3 is 0 Å². The van der Waals surface area contributed by atoms with Crippen molar-refractivity contribution >= 4 is 43.6 Å². The lowest BCUT2D eigenvalue weighted by molar-refractivity contribution is 1.17. The molecule has 2 heterocycles. The fourth-order valence-electron chi connectivity index (χ4n) is 7.32. The molecule has 4 heteroatoms. The molecule has 48 heavy (non-hydrogen) atoms. The summed E-state index contributed by atoms with van der Waals surface area (Å²) in [5, 5.41) is 25.5. The van der Waals surface area contributed by atoms with Gasteiger partial charge in [0, 0.05) is 38.4 Å². The highest BCUT2D eigenvalue weighted by atomic mass is 15.0. The molecule has 0 aliphatic carbocycles. The molecule has 0 aliphatic heterocycles. The summed E-state index contributed by atoms with van der Waals surface area (Å²) in [5.41, 5.74) is 10.9. The molecule has 0 atom stereocenters. The molecule has 222 valence electrons. The van der Waals surface area contributed by atoms with Crippen molar-refractivity contribution in [3.63, 3.8) is 0 Å². The van der Waals surface area contributed by atoms with Gasteiger partial charge in [-0.25, -0.2) is 0 Å². The van der Waals surface area contributed by atoms with Gasteiger partial charge in [0.25, 0.3) is 0 Å². The molecule has 0 saturated heterocycles. The Morgan fingerprint density at radius 2 is 0.875 bits per heavy atom. The van der Waals surface area contributed by atoms with Crippen molar-refractivity contribution in [1.29, 1.82) is 10.5 Å². The summed E-state index contributed by atoms with van der Waals surface area (Å²) >= 11 is 0. The van der Waals surface area contributed by atoms with Crippen molar-refractivity contribution in [2.75, 3.05) is 0 Å². The summed E-state index contributed by atoms with van der Waals surface area (Å²) in [5.74, 6) is 0. The second-order valence-corrected chi connectivity index (χ2v) is 12.0. The summed E-state index contributed by atoms with van der Waals surface area (Å²) in [4.78, 5) is 0. The molecule has 0 amide bonds. The molecule has 2 aromatic heterocycles. The molecule has 7 aromatic carbocycles. The lowest BCUT2D eigenvalue weighted by Crippen LogP contribution is -2.02. The number of nitrogens with zero attached hydrogens (tertiary/aromatic N) is 4. The predicted octanol–water partition coefficient (Wildman–Crippen LogP) is 11.0. The van der Waals surface area contributed by atoms with E-state index in [2.05, 4.69) is 124 Å². The molecule has 9 aromatic rings. The number of nitriles is 2. The topological polar surface area (TPSA) is 57.4 Å². The van der Waals surface area contributed by atoms with Crippen LogP contribution < -0.4 is 0 Å². The maximum Gasteiger partial charge on any atom is 0.101 e. The smallest absolute Gasteiger partial charge is 0.101 e. The maximum absolute atomic E-state index is 10.4. The zero-order chi connectivity index (χ0) is 32.2. The van der Waals surface area contributed by atoms with E-state index >= 15 is 0 Å². The summed E-state index contributed by atoms with van der Waals surface area (Å²) in [6, 6.07) is 58.8. The van der Waals surface area contributed by atoms with E-state index in [-0.39, 0.29) is 0 Å². The summed E-state index contributed by atoms with van der Waals surface area (Å²) in [7, 11) is 0.